The largest absolute Gasteiger partial charge is 0.338 e. The number of hydrogen-bond acceptors (Lipinski definition) is 3. The Morgan fingerprint density at radius 2 is 1.87 bits per heavy atom. The average molecular weight is 307 g/mol. The highest BCUT2D eigenvalue weighted by Gasteiger charge is 2.28. The first-order valence-corrected chi connectivity index (χ1v) is 7.96. The number of amides is 1. The molecule has 2 aromatic rings. The molecule has 1 saturated heterocycles. The van der Waals surface area contributed by atoms with Crippen molar-refractivity contribution in [2.24, 2.45) is 0 Å². The first kappa shape index (κ1) is 15.4. The van der Waals surface area contributed by atoms with Crippen LogP contribution in [0.3, 0.4) is 0 Å². The summed E-state index contributed by atoms with van der Waals surface area (Å²) in [5.41, 5.74) is 3.01. The van der Waals surface area contributed by atoms with Crippen LogP contribution in [0.2, 0.25) is 0 Å². The number of aromatic nitrogens is 2. The predicted molar refractivity (Wildman–Crippen MR) is 90.9 cm³/mol. The third-order valence-electron chi connectivity index (χ3n) is 4.08. The molecule has 118 valence electrons. The molecule has 0 radical (unpaired) electrons. The highest BCUT2D eigenvalue weighted by molar-refractivity contribution is 5.92. The summed E-state index contributed by atoms with van der Waals surface area (Å²) < 4.78 is 0. The number of benzene rings is 1. The third kappa shape index (κ3) is 3.83. The van der Waals surface area contributed by atoms with Crippen LogP contribution in [0.5, 0.6) is 0 Å². The van der Waals surface area contributed by atoms with Crippen molar-refractivity contribution in [1.29, 1.82) is 0 Å². The van der Waals surface area contributed by atoms with Gasteiger partial charge in [-0.3, -0.25) is 4.79 Å². The van der Waals surface area contributed by atoms with Crippen molar-refractivity contribution in [2.45, 2.75) is 26.2 Å². The Balaban J connectivity index is 1.65. The number of hydrogen-bond donors (Lipinski definition) is 0. The summed E-state index contributed by atoms with van der Waals surface area (Å²) in [6.45, 7) is 5.43. The van der Waals surface area contributed by atoms with Crippen molar-refractivity contribution in [3.05, 3.63) is 65.2 Å². The van der Waals surface area contributed by atoms with Crippen molar-refractivity contribution in [1.82, 2.24) is 14.9 Å². The molecule has 1 amide bonds. The molecule has 1 aliphatic heterocycles. The Kier molecular flexibility index (Phi) is 4.51. The van der Waals surface area contributed by atoms with Crippen molar-refractivity contribution in [2.75, 3.05) is 13.1 Å². The van der Waals surface area contributed by atoms with Crippen molar-refractivity contribution in [3.63, 3.8) is 0 Å². The molecular formula is C19H21N3O. The first-order chi connectivity index (χ1) is 11.1. The number of rotatable bonds is 3. The molecule has 1 aliphatic rings. The smallest absolute Gasteiger partial charge is 0.246 e. The standard InChI is InChI=1S/C19H21N3O/c1-14-12-15(2)21-19(20-14)17-10-11-22(13-17)18(23)9-8-16-6-4-3-5-7-16/h3-9,12,17H,10-11,13H2,1-2H3/b9-8+/t17-/m0/s1. The molecule has 4 heteroatoms. The van der Waals surface area contributed by atoms with Crippen LogP contribution >= 0.6 is 0 Å². The van der Waals surface area contributed by atoms with Crippen LogP contribution in [0.4, 0.5) is 0 Å². The van der Waals surface area contributed by atoms with Gasteiger partial charge in [0.2, 0.25) is 5.91 Å². The van der Waals surface area contributed by atoms with Gasteiger partial charge in [-0.2, -0.15) is 0 Å². The van der Waals surface area contributed by atoms with Gasteiger partial charge in [0.15, 0.2) is 0 Å². The number of nitrogens with zero attached hydrogens (tertiary/aromatic N) is 3. The summed E-state index contributed by atoms with van der Waals surface area (Å²) in [7, 11) is 0. The predicted octanol–water partition coefficient (Wildman–Crippen LogP) is 3.12. The quantitative estimate of drug-likeness (QED) is 0.819. The molecule has 0 spiro atoms. The number of carbonyl (C=O) groups is 1. The van der Waals surface area contributed by atoms with Gasteiger partial charge in [0.05, 0.1) is 0 Å². The average Bonchev–Trinajstić information content (AvgIpc) is 3.03. The van der Waals surface area contributed by atoms with Gasteiger partial charge in [0.25, 0.3) is 0 Å². The van der Waals surface area contributed by atoms with Gasteiger partial charge >= 0.3 is 0 Å². The van der Waals surface area contributed by atoms with E-state index in [1.807, 2.05) is 61.2 Å². The normalized spacial score (nSPS) is 17.8. The maximum Gasteiger partial charge on any atom is 0.246 e. The maximum absolute atomic E-state index is 12.3. The minimum Gasteiger partial charge on any atom is -0.338 e. The van der Waals surface area contributed by atoms with Crippen LogP contribution in [-0.2, 0) is 4.79 Å². The van der Waals surface area contributed by atoms with E-state index < -0.39 is 0 Å². The Morgan fingerprint density at radius 1 is 1.17 bits per heavy atom. The van der Waals surface area contributed by atoms with Crippen LogP contribution in [0.15, 0.2) is 42.5 Å². The van der Waals surface area contributed by atoms with Crippen LogP contribution in [0, 0.1) is 13.8 Å². The molecule has 0 saturated carbocycles. The SMILES string of the molecule is Cc1cc(C)nc([C@H]2CCN(C(=O)/C=C/c3ccccc3)C2)n1. The molecule has 4 nitrogen and oxygen atoms in total. The van der Waals surface area contributed by atoms with Crippen molar-refractivity contribution in [3.8, 4) is 0 Å². The third-order valence-corrected chi connectivity index (χ3v) is 4.08. The molecular weight excluding hydrogens is 286 g/mol. The second kappa shape index (κ2) is 6.73. The maximum atomic E-state index is 12.3. The topological polar surface area (TPSA) is 46.1 Å². The second-order valence-electron chi connectivity index (χ2n) is 6.02. The summed E-state index contributed by atoms with van der Waals surface area (Å²) in [4.78, 5) is 23.3. The van der Waals surface area contributed by atoms with Crippen LogP contribution < -0.4 is 0 Å². The van der Waals surface area contributed by atoms with Gasteiger partial charge in [-0.1, -0.05) is 30.3 Å². The van der Waals surface area contributed by atoms with E-state index in [1.165, 1.54) is 0 Å². The Bertz CT molecular complexity index is 704. The molecule has 3 rings (SSSR count). The lowest BCUT2D eigenvalue weighted by Gasteiger charge is -2.14. The van der Waals surface area contributed by atoms with Crippen LogP contribution in [0.1, 0.15) is 35.1 Å². The van der Waals surface area contributed by atoms with E-state index in [0.29, 0.717) is 6.54 Å². The molecule has 1 aromatic carbocycles. The fourth-order valence-electron chi connectivity index (χ4n) is 2.94. The van der Waals surface area contributed by atoms with E-state index in [0.717, 1.165) is 35.7 Å². The monoisotopic (exact) mass is 307 g/mol. The second-order valence-corrected chi connectivity index (χ2v) is 6.02. The van der Waals surface area contributed by atoms with E-state index in [9.17, 15) is 4.79 Å². The minimum atomic E-state index is 0.0562. The van der Waals surface area contributed by atoms with Crippen LogP contribution in [-0.4, -0.2) is 33.9 Å². The first-order valence-electron chi connectivity index (χ1n) is 7.96. The van der Waals surface area contributed by atoms with Gasteiger partial charge in [0.1, 0.15) is 5.82 Å². The van der Waals surface area contributed by atoms with Crippen LogP contribution in [0.25, 0.3) is 6.08 Å². The Hall–Kier alpha value is -2.49. The van der Waals surface area contributed by atoms with Gasteiger partial charge in [-0.25, -0.2) is 9.97 Å². The summed E-state index contributed by atoms with van der Waals surface area (Å²) in [6.07, 6.45) is 4.44. The zero-order valence-electron chi connectivity index (χ0n) is 13.6. The fourth-order valence-corrected chi connectivity index (χ4v) is 2.94. The zero-order valence-corrected chi connectivity index (χ0v) is 13.6. The van der Waals surface area contributed by atoms with Gasteiger partial charge in [-0.15, -0.1) is 0 Å². The summed E-state index contributed by atoms with van der Waals surface area (Å²) in [6, 6.07) is 11.8. The number of carbonyl (C=O) groups excluding carboxylic acids is 1. The van der Waals surface area contributed by atoms with Crippen molar-refractivity contribution >= 4 is 12.0 Å². The van der Waals surface area contributed by atoms with E-state index in [-0.39, 0.29) is 11.8 Å². The lowest BCUT2D eigenvalue weighted by atomic mass is 10.1. The Morgan fingerprint density at radius 3 is 2.57 bits per heavy atom. The van der Waals surface area contributed by atoms with Gasteiger partial charge in [0, 0.05) is 36.5 Å². The minimum absolute atomic E-state index is 0.0562. The molecule has 1 aromatic heterocycles. The lowest BCUT2D eigenvalue weighted by molar-refractivity contribution is -0.124. The summed E-state index contributed by atoms with van der Waals surface area (Å²) in [5, 5.41) is 0. The van der Waals surface area contributed by atoms with Crippen molar-refractivity contribution < 1.29 is 4.79 Å². The molecule has 2 heterocycles. The molecule has 0 unspecified atom stereocenters. The van der Waals surface area contributed by atoms with Gasteiger partial charge < -0.3 is 4.90 Å². The molecule has 0 N–H and O–H groups in total. The van der Waals surface area contributed by atoms with Gasteiger partial charge in [-0.05, 0) is 38.0 Å². The molecule has 1 fully saturated rings. The van der Waals surface area contributed by atoms with E-state index >= 15 is 0 Å². The number of likely N-dealkylation sites (tertiary alicyclic amines) is 1. The molecule has 0 bridgehead atoms. The van der Waals surface area contributed by atoms with E-state index in [1.54, 1.807) is 6.08 Å². The molecule has 1 atom stereocenters. The summed E-state index contributed by atoms with van der Waals surface area (Å²) >= 11 is 0. The number of aryl methyl sites for hydroxylation is 2. The highest BCUT2D eigenvalue weighted by Crippen LogP contribution is 2.25. The van der Waals surface area contributed by atoms with E-state index in [2.05, 4.69) is 9.97 Å². The fraction of sp³-hybridized carbons (Fsp3) is 0.316. The molecule has 0 aliphatic carbocycles. The van der Waals surface area contributed by atoms with E-state index in [4.69, 9.17) is 0 Å². The highest BCUT2D eigenvalue weighted by atomic mass is 16.2. The zero-order chi connectivity index (χ0) is 16.2. The summed E-state index contributed by atoms with van der Waals surface area (Å²) in [5.74, 6) is 1.16. The Labute approximate surface area is 136 Å². The lowest BCUT2D eigenvalue weighted by Crippen LogP contribution is -2.26. The molecule has 23 heavy (non-hydrogen) atoms.